The summed E-state index contributed by atoms with van der Waals surface area (Å²) in [4.78, 5) is 21.4. The molecular formula is C31H35N3O6. The third-order valence-electron chi connectivity index (χ3n) is 7.78. The fourth-order valence-corrected chi connectivity index (χ4v) is 5.92. The minimum Gasteiger partial charge on any atom is -0.363 e. The second-order valence-electron chi connectivity index (χ2n) is 10.3. The number of ether oxygens (including phenoxy) is 1. The van der Waals surface area contributed by atoms with E-state index in [0.29, 0.717) is 19.1 Å². The van der Waals surface area contributed by atoms with Gasteiger partial charge in [0.1, 0.15) is 12.2 Å². The van der Waals surface area contributed by atoms with Crippen molar-refractivity contribution in [3.63, 3.8) is 0 Å². The monoisotopic (exact) mass is 545 g/mol. The van der Waals surface area contributed by atoms with E-state index in [-0.39, 0.29) is 18.1 Å². The van der Waals surface area contributed by atoms with E-state index in [4.69, 9.17) is 9.99 Å². The zero-order chi connectivity index (χ0) is 28.0. The maximum absolute atomic E-state index is 12.7. The largest absolute Gasteiger partial charge is 0.363 e. The highest BCUT2D eigenvalue weighted by Gasteiger charge is 2.39. The highest BCUT2D eigenvalue weighted by molar-refractivity contribution is 6.01. The van der Waals surface area contributed by atoms with Gasteiger partial charge in [-0.05, 0) is 66.6 Å². The number of piperidine rings is 1. The van der Waals surface area contributed by atoms with Gasteiger partial charge in [0, 0.05) is 43.1 Å². The molecule has 0 radical (unpaired) electrons. The van der Waals surface area contributed by atoms with E-state index in [2.05, 4.69) is 103 Å². The Morgan fingerprint density at radius 1 is 1.02 bits per heavy atom. The topological polar surface area (TPSA) is 85.6 Å². The summed E-state index contributed by atoms with van der Waals surface area (Å²) in [6, 6.07) is 21.3. The molecule has 1 N–H and O–H groups in total. The van der Waals surface area contributed by atoms with Crippen LogP contribution in [0.15, 0.2) is 66.9 Å². The molecule has 9 nitrogen and oxygen atoms in total. The van der Waals surface area contributed by atoms with Gasteiger partial charge >= 0.3 is 0 Å². The average molecular weight is 546 g/mol. The van der Waals surface area contributed by atoms with Gasteiger partial charge in [0.15, 0.2) is 0 Å². The summed E-state index contributed by atoms with van der Waals surface area (Å²) >= 11 is 0. The second-order valence-corrected chi connectivity index (χ2v) is 10.3. The molecule has 0 spiro atoms. The molecule has 0 saturated carbocycles. The van der Waals surface area contributed by atoms with Crippen LogP contribution in [-0.4, -0.2) is 52.9 Å². The number of nitrogens with zero attached hydrogens (tertiary/aromatic N) is 3. The third kappa shape index (κ3) is 5.98. The molecule has 0 aliphatic carbocycles. The Balaban J connectivity index is 0.000000355. The lowest BCUT2D eigenvalue weighted by Gasteiger charge is -2.41. The SMILES string of the molecule is CC#CCOOOO.CC1(CN2CCC(N3C(=O)Cc4ccccc43)CC2)OCc2ccccc2-n2cccc21. The Bertz CT molecular complexity index is 1370. The number of anilines is 1. The normalized spacial score (nSPS) is 20.4. The molecule has 6 rings (SSSR count). The zero-order valence-corrected chi connectivity index (χ0v) is 22.9. The molecule has 3 aromatic rings. The lowest BCUT2D eigenvalue weighted by Crippen LogP contribution is -2.50. The summed E-state index contributed by atoms with van der Waals surface area (Å²) in [6.07, 6.45) is 4.68. The molecular weight excluding hydrogens is 510 g/mol. The van der Waals surface area contributed by atoms with Gasteiger partial charge in [-0.2, -0.15) is 4.89 Å². The molecule has 1 aromatic heterocycles. The van der Waals surface area contributed by atoms with E-state index in [1.807, 2.05) is 12.1 Å². The molecule has 9 heteroatoms. The summed E-state index contributed by atoms with van der Waals surface area (Å²) in [5.41, 5.74) is 5.53. The van der Waals surface area contributed by atoms with Crippen molar-refractivity contribution in [3.8, 4) is 17.5 Å². The van der Waals surface area contributed by atoms with E-state index >= 15 is 0 Å². The lowest BCUT2D eigenvalue weighted by molar-refractivity contribution is -0.620. The van der Waals surface area contributed by atoms with Crippen molar-refractivity contribution in [2.24, 2.45) is 0 Å². The van der Waals surface area contributed by atoms with Crippen LogP contribution in [0.25, 0.3) is 5.69 Å². The summed E-state index contributed by atoms with van der Waals surface area (Å²) < 4.78 is 8.85. The molecule has 3 aliphatic heterocycles. The number of aromatic nitrogens is 1. The number of fused-ring (bicyclic) bond motifs is 4. The van der Waals surface area contributed by atoms with Gasteiger partial charge in [0.25, 0.3) is 0 Å². The van der Waals surface area contributed by atoms with Crippen molar-refractivity contribution in [2.45, 2.75) is 51.4 Å². The van der Waals surface area contributed by atoms with Crippen molar-refractivity contribution in [2.75, 3.05) is 31.1 Å². The molecule has 0 bridgehead atoms. The van der Waals surface area contributed by atoms with Gasteiger partial charge in [0.05, 0.1) is 24.4 Å². The number of carbonyl (C=O) groups excluding carboxylic acids is 1. The number of benzene rings is 2. The summed E-state index contributed by atoms with van der Waals surface area (Å²) in [5, 5.41) is 14.2. The first-order valence-electron chi connectivity index (χ1n) is 13.6. The Hall–Kier alpha value is -3.49. The Morgan fingerprint density at radius 3 is 2.50 bits per heavy atom. The fourth-order valence-electron chi connectivity index (χ4n) is 5.92. The van der Waals surface area contributed by atoms with Gasteiger partial charge in [-0.3, -0.25) is 9.69 Å². The number of amides is 1. The van der Waals surface area contributed by atoms with Crippen LogP contribution in [-0.2, 0) is 43.1 Å². The standard InChI is InChI=1S/C27H29N3O2.C4H6O4/c1-27(25-11-6-14-29(25)23-9-4-3-8-21(23)18-32-27)19-28-15-12-22(13-16-28)30-24-10-5-2-7-20(24)17-26(30)31;1-2-3-4-6-8-7-5/h2-11,14,22H,12-13,15-19H2,1H3;5H,4H2,1H3. The molecule has 2 aromatic carbocycles. The lowest BCUT2D eigenvalue weighted by atomic mass is 9.97. The van der Waals surface area contributed by atoms with Crippen molar-refractivity contribution in [3.05, 3.63) is 83.7 Å². The van der Waals surface area contributed by atoms with E-state index in [9.17, 15) is 4.79 Å². The smallest absolute Gasteiger partial charge is 0.231 e. The summed E-state index contributed by atoms with van der Waals surface area (Å²) in [6.45, 7) is 7.37. The van der Waals surface area contributed by atoms with Crippen molar-refractivity contribution < 1.29 is 29.8 Å². The zero-order valence-electron chi connectivity index (χ0n) is 22.9. The van der Waals surface area contributed by atoms with Crippen LogP contribution in [0, 0.1) is 11.8 Å². The van der Waals surface area contributed by atoms with Crippen LogP contribution < -0.4 is 4.90 Å². The van der Waals surface area contributed by atoms with Crippen LogP contribution in [0.2, 0.25) is 0 Å². The van der Waals surface area contributed by atoms with Crippen LogP contribution in [0.3, 0.4) is 0 Å². The van der Waals surface area contributed by atoms with E-state index in [1.165, 1.54) is 22.5 Å². The third-order valence-corrected chi connectivity index (χ3v) is 7.78. The molecule has 1 atom stereocenters. The van der Waals surface area contributed by atoms with E-state index < -0.39 is 0 Å². The Labute approximate surface area is 234 Å². The first-order valence-corrected chi connectivity index (χ1v) is 13.6. The van der Waals surface area contributed by atoms with Crippen LogP contribution >= 0.6 is 0 Å². The molecule has 1 unspecified atom stereocenters. The maximum atomic E-state index is 12.7. The first-order chi connectivity index (χ1) is 19.5. The van der Waals surface area contributed by atoms with Crippen molar-refractivity contribution >= 4 is 11.6 Å². The van der Waals surface area contributed by atoms with Gasteiger partial charge in [-0.1, -0.05) is 42.3 Å². The molecule has 1 fully saturated rings. The first kappa shape index (κ1) is 28.1. The predicted molar refractivity (Wildman–Crippen MR) is 149 cm³/mol. The fraction of sp³-hybridized carbons (Fsp3) is 0.387. The predicted octanol–water partition coefficient (Wildman–Crippen LogP) is 4.64. The van der Waals surface area contributed by atoms with Crippen LogP contribution in [0.1, 0.15) is 43.5 Å². The highest BCUT2D eigenvalue weighted by atomic mass is 17.6. The van der Waals surface area contributed by atoms with Crippen molar-refractivity contribution in [1.82, 2.24) is 9.47 Å². The number of para-hydroxylation sites is 2. The average Bonchev–Trinajstić information content (AvgIpc) is 3.58. The van der Waals surface area contributed by atoms with E-state index in [1.54, 1.807) is 6.92 Å². The maximum Gasteiger partial charge on any atom is 0.231 e. The number of carbonyl (C=O) groups is 1. The Kier molecular flexibility index (Phi) is 8.97. The summed E-state index contributed by atoms with van der Waals surface area (Å²) in [7, 11) is 0. The molecule has 210 valence electrons. The van der Waals surface area contributed by atoms with E-state index in [0.717, 1.165) is 38.2 Å². The van der Waals surface area contributed by atoms with Gasteiger partial charge in [0.2, 0.25) is 5.91 Å². The molecule has 4 heterocycles. The van der Waals surface area contributed by atoms with Crippen LogP contribution in [0.5, 0.6) is 0 Å². The molecule has 1 amide bonds. The molecule has 1 saturated heterocycles. The number of hydrogen-bond donors (Lipinski definition) is 1. The van der Waals surface area contributed by atoms with Crippen molar-refractivity contribution in [1.29, 1.82) is 0 Å². The van der Waals surface area contributed by atoms with Crippen LogP contribution in [0.4, 0.5) is 5.69 Å². The molecule has 40 heavy (non-hydrogen) atoms. The number of rotatable bonds is 6. The highest BCUT2D eigenvalue weighted by Crippen LogP contribution is 2.37. The second kappa shape index (κ2) is 12.8. The Morgan fingerprint density at radius 2 is 1.75 bits per heavy atom. The van der Waals surface area contributed by atoms with Gasteiger partial charge < -0.3 is 14.2 Å². The summed E-state index contributed by atoms with van der Waals surface area (Å²) in [5.74, 6) is 5.28. The minimum atomic E-state index is -0.384. The van der Waals surface area contributed by atoms with Gasteiger partial charge in [-0.15, -0.1) is 5.92 Å². The molecule has 3 aliphatic rings. The quantitative estimate of drug-likeness (QED) is 0.209. The minimum absolute atomic E-state index is 0.0804. The number of likely N-dealkylation sites (tertiary alicyclic amines) is 1. The van der Waals surface area contributed by atoms with Gasteiger partial charge in [-0.25, -0.2) is 5.26 Å². The number of hydrogen-bond acceptors (Lipinski definition) is 7.